The van der Waals surface area contributed by atoms with Crippen LogP contribution in [0.3, 0.4) is 0 Å². The van der Waals surface area contributed by atoms with Crippen molar-refractivity contribution in [2.24, 2.45) is 5.92 Å². The van der Waals surface area contributed by atoms with Gasteiger partial charge < -0.3 is 24.6 Å². The van der Waals surface area contributed by atoms with Gasteiger partial charge in [-0.15, -0.1) is 11.3 Å². The van der Waals surface area contributed by atoms with Gasteiger partial charge in [0.2, 0.25) is 12.7 Å². The number of amides is 3. The van der Waals surface area contributed by atoms with Crippen LogP contribution in [0.25, 0.3) is 0 Å². The summed E-state index contributed by atoms with van der Waals surface area (Å²) in [6.07, 6.45) is 0. The summed E-state index contributed by atoms with van der Waals surface area (Å²) in [5.74, 6) is 1.49. The number of nitrogens with zero attached hydrogens (tertiary/aromatic N) is 2. The molecule has 2 aromatic carbocycles. The molecule has 1 N–H and O–H groups in total. The Morgan fingerprint density at radius 3 is 2.56 bits per heavy atom. The highest BCUT2D eigenvalue weighted by molar-refractivity contribution is 7.09. The van der Waals surface area contributed by atoms with Gasteiger partial charge in [-0.05, 0) is 66.1 Å². The fourth-order valence-electron chi connectivity index (χ4n) is 4.09. The Morgan fingerprint density at radius 1 is 1.00 bits per heavy atom. The van der Waals surface area contributed by atoms with Gasteiger partial charge in [0.15, 0.2) is 11.5 Å². The van der Waals surface area contributed by atoms with Crippen molar-refractivity contribution >= 4 is 29.0 Å². The molecule has 3 aromatic rings. The lowest BCUT2D eigenvalue weighted by Crippen LogP contribution is -2.45. The Morgan fingerprint density at radius 2 is 1.81 bits per heavy atom. The number of ether oxygens (including phenoxy) is 2. The molecule has 0 spiro atoms. The molecule has 8 heteroatoms. The molecule has 190 valence electrons. The van der Waals surface area contributed by atoms with Crippen molar-refractivity contribution in [1.29, 1.82) is 0 Å². The minimum atomic E-state index is -0.273. The molecule has 7 nitrogen and oxygen atoms in total. The molecule has 0 saturated heterocycles. The number of hydrogen-bond donors (Lipinski definition) is 1. The monoisotopic (exact) mass is 507 g/mol. The van der Waals surface area contributed by atoms with E-state index in [4.69, 9.17) is 9.47 Å². The maximum Gasteiger partial charge on any atom is 0.322 e. The van der Waals surface area contributed by atoms with Crippen molar-refractivity contribution in [2.45, 2.75) is 40.8 Å². The molecular formula is C28H33N3O4S. The van der Waals surface area contributed by atoms with Gasteiger partial charge in [0.25, 0.3) is 0 Å². The summed E-state index contributed by atoms with van der Waals surface area (Å²) < 4.78 is 10.9. The second-order valence-corrected chi connectivity index (χ2v) is 10.5. The predicted octanol–water partition coefficient (Wildman–Crippen LogP) is 5.81. The van der Waals surface area contributed by atoms with Gasteiger partial charge in [0.1, 0.15) is 6.54 Å². The predicted molar refractivity (Wildman–Crippen MR) is 142 cm³/mol. The molecule has 0 aliphatic carbocycles. The highest BCUT2D eigenvalue weighted by Crippen LogP contribution is 2.33. The molecule has 0 saturated carbocycles. The molecule has 36 heavy (non-hydrogen) atoms. The lowest BCUT2D eigenvalue weighted by Gasteiger charge is -2.29. The topological polar surface area (TPSA) is 71.1 Å². The van der Waals surface area contributed by atoms with Crippen LogP contribution in [-0.4, -0.2) is 41.6 Å². The van der Waals surface area contributed by atoms with Crippen molar-refractivity contribution in [3.63, 3.8) is 0 Å². The Hall–Kier alpha value is -3.52. The molecule has 2 heterocycles. The van der Waals surface area contributed by atoms with Crippen molar-refractivity contribution in [2.75, 3.05) is 25.2 Å². The van der Waals surface area contributed by atoms with E-state index >= 15 is 0 Å². The number of urea groups is 1. The quantitative estimate of drug-likeness (QED) is 0.397. The van der Waals surface area contributed by atoms with E-state index in [0.717, 1.165) is 27.3 Å². The average Bonchev–Trinajstić information content (AvgIpc) is 3.52. The van der Waals surface area contributed by atoms with Gasteiger partial charge in [0.05, 0.1) is 6.54 Å². The zero-order valence-electron chi connectivity index (χ0n) is 21.2. The molecular weight excluding hydrogens is 474 g/mol. The fourth-order valence-corrected chi connectivity index (χ4v) is 4.81. The molecule has 3 amide bonds. The molecule has 0 atom stereocenters. The second-order valence-electron chi connectivity index (χ2n) is 9.47. The number of nitrogens with one attached hydrogen (secondary N) is 1. The number of hydrogen-bond acceptors (Lipinski definition) is 5. The smallest absolute Gasteiger partial charge is 0.322 e. The molecule has 0 radical (unpaired) electrons. The van der Waals surface area contributed by atoms with Crippen LogP contribution in [0, 0.1) is 19.8 Å². The number of fused-ring (bicyclic) bond motifs is 1. The molecule has 0 fully saturated rings. The summed E-state index contributed by atoms with van der Waals surface area (Å²) in [7, 11) is 0. The number of anilines is 1. The molecule has 1 aliphatic heterocycles. The van der Waals surface area contributed by atoms with Crippen molar-refractivity contribution < 1.29 is 19.1 Å². The summed E-state index contributed by atoms with van der Waals surface area (Å²) in [5, 5.41) is 5.01. The summed E-state index contributed by atoms with van der Waals surface area (Å²) in [6.45, 7) is 9.62. The van der Waals surface area contributed by atoms with Crippen molar-refractivity contribution in [3.05, 3.63) is 75.5 Å². The number of carbonyl (C=O) groups is 2. The first kappa shape index (κ1) is 25.6. The van der Waals surface area contributed by atoms with Gasteiger partial charge in [-0.1, -0.05) is 38.1 Å². The van der Waals surface area contributed by atoms with Crippen LogP contribution in [0.15, 0.2) is 53.9 Å². The summed E-state index contributed by atoms with van der Waals surface area (Å²) in [4.78, 5) is 31.4. The Kier molecular flexibility index (Phi) is 8.15. The highest BCUT2D eigenvalue weighted by Gasteiger charge is 2.24. The van der Waals surface area contributed by atoms with Crippen LogP contribution in [0.2, 0.25) is 0 Å². The number of carbonyl (C=O) groups excluding carboxylic acids is 2. The number of aryl methyl sites for hydroxylation is 1. The maximum absolute atomic E-state index is 13.6. The first-order valence-electron chi connectivity index (χ1n) is 12.1. The molecule has 1 aromatic heterocycles. The second kappa shape index (κ2) is 11.5. The standard InChI is InChI=1S/C28H33N3O4S/c1-19(2)14-31(28(33)29-24-9-5-7-20(3)21(24)4)17-27(32)30(16-23-8-6-12-36-23)15-22-10-11-25-26(13-22)35-18-34-25/h5-13,19H,14-18H2,1-4H3,(H,29,33). The Balaban J connectivity index is 1.52. The minimum absolute atomic E-state index is 0.00912. The lowest BCUT2D eigenvalue weighted by molar-refractivity contribution is -0.133. The van der Waals surface area contributed by atoms with Crippen LogP contribution in [-0.2, 0) is 17.9 Å². The van der Waals surface area contributed by atoms with E-state index in [1.54, 1.807) is 21.1 Å². The summed E-state index contributed by atoms with van der Waals surface area (Å²) in [5.41, 5.74) is 3.82. The van der Waals surface area contributed by atoms with Gasteiger partial charge in [-0.25, -0.2) is 4.79 Å². The average molecular weight is 508 g/mol. The molecule has 0 bridgehead atoms. The number of rotatable bonds is 9. The third kappa shape index (κ3) is 6.37. The van der Waals surface area contributed by atoms with E-state index in [1.165, 1.54) is 0 Å². The normalized spacial score (nSPS) is 12.0. The Labute approximate surface area is 216 Å². The minimum Gasteiger partial charge on any atom is -0.454 e. The summed E-state index contributed by atoms with van der Waals surface area (Å²) >= 11 is 1.61. The van der Waals surface area contributed by atoms with E-state index < -0.39 is 0 Å². The fraction of sp³-hybridized carbons (Fsp3) is 0.357. The molecule has 1 aliphatic rings. The van der Waals surface area contributed by atoms with E-state index in [9.17, 15) is 9.59 Å². The van der Waals surface area contributed by atoms with Gasteiger partial charge in [-0.2, -0.15) is 0 Å². The third-order valence-corrected chi connectivity index (χ3v) is 7.00. The number of benzene rings is 2. The van der Waals surface area contributed by atoms with Crippen LogP contribution in [0.4, 0.5) is 10.5 Å². The van der Waals surface area contributed by atoms with E-state index in [2.05, 4.69) is 5.32 Å². The largest absolute Gasteiger partial charge is 0.454 e. The molecule has 4 rings (SSSR count). The Bertz CT molecular complexity index is 1210. The van der Waals surface area contributed by atoms with Crippen molar-refractivity contribution in [3.8, 4) is 11.5 Å². The molecule has 0 unspecified atom stereocenters. The first-order chi connectivity index (χ1) is 17.3. The van der Waals surface area contributed by atoms with Gasteiger partial charge >= 0.3 is 6.03 Å². The maximum atomic E-state index is 13.6. The van der Waals surface area contributed by atoms with E-state index in [-0.39, 0.29) is 31.2 Å². The van der Waals surface area contributed by atoms with Crippen molar-refractivity contribution in [1.82, 2.24) is 9.80 Å². The van der Waals surface area contributed by atoms with Gasteiger partial charge in [0, 0.05) is 23.7 Å². The summed E-state index contributed by atoms with van der Waals surface area (Å²) in [6, 6.07) is 15.3. The zero-order chi connectivity index (χ0) is 25.7. The van der Waals surface area contributed by atoms with Crippen LogP contribution in [0.5, 0.6) is 11.5 Å². The third-order valence-electron chi connectivity index (χ3n) is 6.14. The number of thiophene rings is 1. The van der Waals surface area contributed by atoms with Crippen LogP contribution in [0.1, 0.15) is 35.4 Å². The van der Waals surface area contributed by atoms with E-state index in [0.29, 0.717) is 31.1 Å². The lowest BCUT2D eigenvalue weighted by atomic mass is 10.1. The zero-order valence-corrected chi connectivity index (χ0v) is 22.1. The van der Waals surface area contributed by atoms with Crippen LogP contribution >= 0.6 is 11.3 Å². The SMILES string of the molecule is Cc1cccc(NC(=O)N(CC(=O)N(Cc2ccc3c(c2)OCO3)Cc2cccs2)CC(C)C)c1C. The van der Waals surface area contributed by atoms with Crippen LogP contribution < -0.4 is 14.8 Å². The van der Waals surface area contributed by atoms with Gasteiger partial charge in [-0.3, -0.25) is 4.79 Å². The van der Waals surface area contributed by atoms with E-state index in [1.807, 2.05) is 81.6 Å². The highest BCUT2D eigenvalue weighted by atomic mass is 32.1. The first-order valence-corrected chi connectivity index (χ1v) is 13.0.